The first-order valence-corrected chi connectivity index (χ1v) is 13.2. The number of carbonyl (C=O) groups is 2. The fourth-order valence-electron chi connectivity index (χ4n) is 4.96. The van der Waals surface area contributed by atoms with Crippen LogP contribution < -0.4 is 21.3 Å². The molecule has 1 saturated heterocycles. The SMILES string of the molecule is COC(=O)N[C@H]1CC[C@@](NC[C@@H](O)[C@H](Cc2cc(F)cc(F)c2)NC(C)=O)(c2cccc(C(C)(C)C)c2)CN1. The predicted molar refractivity (Wildman–Crippen MR) is 145 cm³/mol. The molecule has 10 heteroatoms. The van der Waals surface area contributed by atoms with Crippen LogP contribution in [0.25, 0.3) is 0 Å². The summed E-state index contributed by atoms with van der Waals surface area (Å²) in [6.07, 6.45) is -0.589. The minimum absolute atomic E-state index is 0.0486. The molecule has 2 aromatic rings. The first kappa shape index (κ1) is 30.5. The highest BCUT2D eigenvalue weighted by Gasteiger charge is 2.38. The molecule has 1 heterocycles. The molecular formula is C29H40F2N4O4. The Bertz CT molecular complexity index is 1130. The van der Waals surface area contributed by atoms with Gasteiger partial charge >= 0.3 is 6.09 Å². The minimum atomic E-state index is -1.06. The summed E-state index contributed by atoms with van der Waals surface area (Å²) in [6, 6.07) is 10.7. The van der Waals surface area contributed by atoms with E-state index in [1.54, 1.807) is 0 Å². The lowest BCUT2D eigenvalue weighted by molar-refractivity contribution is -0.120. The zero-order valence-corrected chi connectivity index (χ0v) is 23.2. The summed E-state index contributed by atoms with van der Waals surface area (Å²) >= 11 is 0. The van der Waals surface area contributed by atoms with Gasteiger partial charge in [-0.3, -0.25) is 10.1 Å². The average molecular weight is 547 g/mol. The van der Waals surface area contributed by atoms with Crippen molar-refractivity contribution >= 4 is 12.0 Å². The molecule has 2 aromatic carbocycles. The molecule has 1 aliphatic rings. The molecule has 1 fully saturated rings. The highest BCUT2D eigenvalue weighted by Crippen LogP contribution is 2.33. The molecule has 214 valence electrons. The third-order valence-corrected chi connectivity index (χ3v) is 7.15. The average Bonchev–Trinajstić information content (AvgIpc) is 2.86. The number of halogens is 2. The van der Waals surface area contributed by atoms with Gasteiger partial charge in [-0.25, -0.2) is 13.6 Å². The molecule has 5 N–H and O–H groups in total. The molecule has 3 rings (SSSR count). The Hall–Kier alpha value is -3.08. The smallest absolute Gasteiger partial charge is 0.408 e. The number of amides is 2. The monoisotopic (exact) mass is 546 g/mol. The van der Waals surface area contributed by atoms with Crippen molar-refractivity contribution in [1.29, 1.82) is 0 Å². The first-order chi connectivity index (χ1) is 18.3. The molecule has 0 radical (unpaired) electrons. The number of benzene rings is 2. The van der Waals surface area contributed by atoms with Gasteiger partial charge in [-0.2, -0.15) is 0 Å². The maximum absolute atomic E-state index is 13.8. The van der Waals surface area contributed by atoms with Crippen LogP contribution >= 0.6 is 0 Å². The topological polar surface area (TPSA) is 112 Å². The van der Waals surface area contributed by atoms with E-state index in [0.29, 0.717) is 24.9 Å². The van der Waals surface area contributed by atoms with E-state index in [2.05, 4.69) is 54.2 Å². The van der Waals surface area contributed by atoms with Crippen LogP contribution in [-0.4, -0.2) is 55.6 Å². The van der Waals surface area contributed by atoms with Crippen LogP contribution in [0.2, 0.25) is 0 Å². The number of rotatable bonds is 9. The van der Waals surface area contributed by atoms with Crippen LogP contribution in [0, 0.1) is 11.6 Å². The summed E-state index contributed by atoms with van der Waals surface area (Å²) in [7, 11) is 1.31. The maximum atomic E-state index is 13.8. The van der Waals surface area contributed by atoms with Gasteiger partial charge in [0.25, 0.3) is 0 Å². The largest absolute Gasteiger partial charge is 0.453 e. The molecule has 0 unspecified atom stereocenters. The van der Waals surface area contributed by atoms with Gasteiger partial charge in [0, 0.05) is 26.1 Å². The zero-order valence-electron chi connectivity index (χ0n) is 23.2. The fraction of sp³-hybridized carbons (Fsp3) is 0.517. The Morgan fingerprint density at radius 2 is 1.87 bits per heavy atom. The van der Waals surface area contributed by atoms with Crippen molar-refractivity contribution in [3.8, 4) is 0 Å². The van der Waals surface area contributed by atoms with Gasteiger partial charge in [0.1, 0.15) is 11.6 Å². The van der Waals surface area contributed by atoms with E-state index in [4.69, 9.17) is 4.74 Å². The number of aliphatic hydroxyl groups excluding tert-OH is 1. The highest BCUT2D eigenvalue weighted by molar-refractivity contribution is 5.73. The molecule has 39 heavy (non-hydrogen) atoms. The summed E-state index contributed by atoms with van der Waals surface area (Å²) in [6.45, 7) is 8.29. The van der Waals surface area contributed by atoms with Crippen molar-refractivity contribution in [3.05, 3.63) is 70.8 Å². The lowest BCUT2D eigenvalue weighted by Gasteiger charge is -2.43. The number of methoxy groups -OCH3 is 1. The van der Waals surface area contributed by atoms with Crippen molar-refractivity contribution in [2.45, 2.75) is 76.2 Å². The number of alkyl carbamates (subject to hydrolysis) is 1. The Labute approximate surface area is 228 Å². The molecule has 8 nitrogen and oxygen atoms in total. The minimum Gasteiger partial charge on any atom is -0.453 e. The fourth-order valence-corrected chi connectivity index (χ4v) is 4.96. The van der Waals surface area contributed by atoms with Crippen LogP contribution in [0.3, 0.4) is 0 Å². The maximum Gasteiger partial charge on any atom is 0.408 e. The van der Waals surface area contributed by atoms with E-state index < -0.39 is 35.4 Å². The van der Waals surface area contributed by atoms with Gasteiger partial charge in [0.05, 0.1) is 31.0 Å². The van der Waals surface area contributed by atoms with Crippen LogP contribution in [-0.2, 0) is 26.9 Å². The third kappa shape index (κ3) is 8.45. The number of piperidine rings is 1. The van der Waals surface area contributed by atoms with E-state index in [-0.39, 0.29) is 30.5 Å². The molecule has 4 atom stereocenters. The second-order valence-corrected chi connectivity index (χ2v) is 11.3. The van der Waals surface area contributed by atoms with Crippen LogP contribution in [0.5, 0.6) is 0 Å². The van der Waals surface area contributed by atoms with Crippen molar-refractivity contribution in [2.75, 3.05) is 20.2 Å². The van der Waals surface area contributed by atoms with Crippen LogP contribution in [0.15, 0.2) is 42.5 Å². The van der Waals surface area contributed by atoms with Gasteiger partial charge in [-0.1, -0.05) is 45.0 Å². The number of aliphatic hydroxyl groups is 1. The van der Waals surface area contributed by atoms with Crippen molar-refractivity contribution in [1.82, 2.24) is 21.3 Å². The Kier molecular flexibility index (Phi) is 10.0. The molecule has 0 aliphatic carbocycles. The van der Waals surface area contributed by atoms with Crippen molar-refractivity contribution in [2.24, 2.45) is 0 Å². The van der Waals surface area contributed by atoms with E-state index in [0.717, 1.165) is 17.2 Å². The Balaban J connectivity index is 1.84. The van der Waals surface area contributed by atoms with E-state index in [1.807, 2.05) is 12.1 Å². The molecular weight excluding hydrogens is 506 g/mol. The van der Waals surface area contributed by atoms with Gasteiger partial charge in [0.15, 0.2) is 0 Å². The lowest BCUT2D eigenvalue weighted by atomic mass is 9.78. The molecule has 2 amide bonds. The number of hydrogen-bond acceptors (Lipinski definition) is 6. The molecule has 0 bridgehead atoms. The number of hydrogen-bond donors (Lipinski definition) is 5. The van der Waals surface area contributed by atoms with Gasteiger partial charge in [0.2, 0.25) is 5.91 Å². The van der Waals surface area contributed by atoms with Gasteiger partial charge in [-0.05, 0) is 53.5 Å². The first-order valence-electron chi connectivity index (χ1n) is 13.2. The van der Waals surface area contributed by atoms with Crippen molar-refractivity contribution < 1.29 is 28.2 Å². The predicted octanol–water partition coefficient (Wildman–Crippen LogP) is 3.22. The summed E-state index contributed by atoms with van der Waals surface area (Å²) in [5, 5.41) is 23.6. The standard InChI is InChI=1S/C29H40F2N4O4/c1-18(36)34-24(13-19-11-22(30)15-23(31)12-19)25(37)16-33-29(10-9-26(32-17-29)35-27(38)39-5)21-8-6-7-20(14-21)28(2,3)4/h6-8,11-12,14-15,24-26,32-33,37H,9-10,13,16-17H2,1-5H3,(H,34,36)(H,35,38)/t24-,25+,26-,29-/m0/s1. The van der Waals surface area contributed by atoms with Crippen LogP contribution in [0.1, 0.15) is 57.2 Å². The zero-order chi connectivity index (χ0) is 28.8. The molecule has 0 spiro atoms. The summed E-state index contributed by atoms with van der Waals surface area (Å²) in [5.41, 5.74) is 1.83. The lowest BCUT2D eigenvalue weighted by Crippen LogP contribution is -2.62. The Morgan fingerprint density at radius 3 is 2.44 bits per heavy atom. The summed E-state index contributed by atoms with van der Waals surface area (Å²) in [4.78, 5) is 23.6. The summed E-state index contributed by atoms with van der Waals surface area (Å²) in [5.74, 6) is -1.81. The Morgan fingerprint density at radius 1 is 1.18 bits per heavy atom. The number of carbonyl (C=O) groups excluding carboxylic acids is 2. The van der Waals surface area contributed by atoms with Gasteiger partial charge < -0.3 is 25.8 Å². The number of nitrogens with one attached hydrogen (secondary N) is 4. The second kappa shape index (κ2) is 12.8. The van der Waals surface area contributed by atoms with E-state index >= 15 is 0 Å². The number of ether oxygens (including phenoxy) is 1. The third-order valence-electron chi connectivity index (χ3n) is 7.15. The molecule has 0 aromatic heterocycles. The second-order valence-electron chi connectivity index (χ2n) is 11.3. The quantitative estimate of drug-likeness (QED) is 0.330. The van der Waals surface area contributed by atoms with Crippen LogP contribution in [0.4, 0.5) is 13.6 Å². The van der Waals surface area contributed by atoms with Gasteiger partial charge in [-0.15, -0.1) is 0 Å². The molecule has 1 aliphatic heterocycles. The van der Waals surface area contributed by atoms with Crippen molar-refractivity contribution in [3.63, 3.8) is 0 Å². The van der Waals surface area contributed by atoms with E-state index in [1.165, 1.54) is 26.2 Å². The normalized spacial score (nSPS) is 21.1. The summed E-state index contributed by atoms with van der Waals surface area (Å²) < 4.78 is 32.3. The van der Waals surface area contributed by atoms with E-state index in [9.17, 15) is 23.5 Å². The molecule has 0 saturated carbocycles. The highest BCUT2D eigenvalue weighted by atomic mass is 19.1.